The summed E-state index contributed by atoms with van der Waals surface area (Å²) in [6.07, 6.45) is 3.15. The van der Waals surface area contributed by atoms with Crippen LogP contribution in [0.25, 0.3) is 6.08 Å². The highest BCUT2D eigenvalue weighted by Crippen LogP contribution is 2.31. The maximum absolute atomic E-state index is 9.45. The minimum absolute atomic E-state index is 0.461. The van der Waals surface area contributed by atoms with Crippen molar-refractivity contribution in [3.63, 3.8) is 0 Å². The van der Waals surface area contributed by atoms with Gasteiger partial charge >= 0.3 is 0 Å². The number of rotatable bonds is 0. The number of hydrogen-bond donors (Lipinski definition) is 2. The van der Waals surface area contributed by atoms with E-state index in [-0.39, 0.29) is 0 Å². The van der Waals surface area contributed by atoms with Crippen LogP contribution in [0.3, 0.4) is 0 Å². The summed E-state index contributed by atoms with van der Waals surface area (Å²) in [6, 6.07) is 0. The Morgan fingerprint density at radius 3 is 2.92 bits per heavy atom. The van der Waals surface area contributed by atoms with Crippen molar-refractivity contribution in [1.29, 1.82) is 0 Å². The van der Waals surface area contributed by atoms with Crippen molar-refractivity contribution in [2.45, 2.75) is 19.1 Å². The molecule has 0 unspecified atom stereocenters. The first-order valence-corrected chi connectivity index (χ1v) is 3.82. The zero-order valence-electron chi connectivity index (χ0n) is 6.69. The van der Waals surface area contributed by atoms with Gasteiger partial charge in [-0.1, -0.05) is 12.2 Å². The van der Waals surface area contributed by atoms with Gasteiger partial charge in [-0.05, 0) is 12.5 Å². The zero-order chi connectivity index (χ0) is 8.72. The normalized spacial score (nSPS) is 27.2. The summed E-state index contributed by atoms with van der Waals surface area (Å²) in [5.41, 5.74) is 1.86. The third-order valence-electron chi connectivity index (χ3n) is 2.11. The number of fused-ring (bicyclic) bond motifs is 1. The standard InChI is InChI=1S/C9H10O3/c1-5-4-12-9-6(5)2-3-7(10)8(9)11/h2-4,7-8,10-11H,1H3/t7-,8-/m0/s1. The average Bonchev–Trinajstić information content (AvgIpc) is 2.41. The van der Waals surface area contributed by atoms with Crippen LogP contribution in [-0.4, -0.2) is 16.3 Å². The van der Waals surface area contributed by atoms with Crippen LogP contribution < -0.4 is 0 Å². The van der Waals surface area contributed by atoms with Crippen LogP contribution in [0.5, 0.6) is 0 Å². The van der Waals surface area contributed by atoms with Gasteiger partial charge in [0.05, 0.1) is 6.26 Å². The van der Waals surface area contributed by atoms with Gasteiger partial charge in [0, 0.05) is 5.56 Å². The molecule has 12 heavy (non-hydrogen) atoms. The Balaban J connectivity index is 2.53. The molecular formula is C9H10O3. The number of aryl methyl sites for hydroxylation is 1. The predicted molar refractivity (Wildman–Crippen MR) is 43.4 cm³/mol. The Morgan fingerprint density at radius 2 is 2.17 bits per heavy atom. The van der Waals surface area contributed by atoms with Gasteiger partial charge in [-0.2, -0.15) is 0 Å². The average molecular weight is 166 g/mol. The zero-order valence-corrected chi connectivity index (χ0v) is 6.69. The lowest BCUT2D eigenvalue weighted by atomic mass is 9.98. The van der Waals surface area contributed by atoms with Crippen LogP contribution in [0.4, 0.5) is 0 Å². The summed E-state index contributed by atoms with van der Waals surface area (Å²) in [5.74, 6) is 0.461. The van der Waals surface area contributed by atoms with Gasteiger partial charge in [-0.15, -0.1) is 0 Å². The molecule has 1 heterocycles. The quantitative estimate of drug-likeness (QED) is 0.604. The minimum atomic E-state index is -0.918. The summed E-state index contributed by atoms with van der Waals surface area (Å²) in [4.78, 5) is 0. The second-order valence-electron chi connectivity index (χ2n) is 2.99. The van der Waals surface area contributed by atoms with E-state index in [1.807, 2.05) is 6.92 Å². The predicted octanol–water partition coefficient (Wildman–Crippen LogP) is 1.01. The Bertz CT molecular complexity index is 325. The highest BCUT2D eigenvalue weighted by Gasteiger charge is 2.26. The molecule has 0 radical (unpaired) electrons. The van der Waals surface area contributed by atoms with Gasteiger partial charge in [0.15, 0.2) is 0 Å². The van der Waals surface area contributed by atoms with E-state index in [4.69, 9.17) is 4.42 Å². The third kappa shape index (κ3) is 0.906. The molecule has 0 bridgehead atoms. The molecule has 3 heteroatoms. The molecule has 0 saturated carbocycles. The molecule has 64 valence electrons. The Morgan fingerprint density at radius 1 is 1.42 bits per heavy atom. The first-order valence-electron chi connectivity index (χ1n) is 3.82. The van der Waals surface area contributed by atoms with Crippen molar-refractivity contribution in [3.05, 3.63) is 29.2 Å². The summed E-state index contributed by atoms with van der Waals surface area (Å²) < 4.78 is 5.11. The first kappa shape index (κ1) is 7.58. The molecule has 1 aliphatic carbocycles. The summed E-state index contributed by atoms with van der Waals surface area (Å²) in [7, 11) is 0. The van der Waals surface area contributed by atoms with Gasteiger partial charge in [0.2, 0.25) is 0 Å². The van der Waals surface area contributed by atoms with Gasteiger partial charge < -0.3 is 14.6 Å². The van der Waals surface area contributed by atoms with Crippen LogP contribution in [0.1, 0.15) is 23.0 Å². The van der Waals surface area contributed by atoms with E-state index in [9.17, 15) is 10.2 Å². The molecule has 0 spiro atoms. The lowest BCUT2D eigenvalue weighted by molar-refractivity contribution is 0.0320. The minimum Gasteiger partial charge on any atom is -0.466 e. The second kappa shape index (κ2) is 2.47. The van der Waals surface area contributed by atoms with Crippen molar-refractivity contribution in [1.82, 2.24) is 0 Å². The second-order valence-corrected chi connectivity index (χ2v) is 2.99. The molecular weight excluding hydrogens is 156 g/mol. The lowest BCUT2D eigenvalue weighted by Gasteiger charge is -2.17. The van der Waals surface area contributed by atoms with Gasteiger partial charge in [0.1, 0.15) is 18.0 Å². The molecule has 0 amide bonds. The molecule has 3 nitrogen and oxygen atoms in total. The molecule has 0 aromatic carbocycles. The lowest BCUT2D eigenvalue weighted by Crippen LogP contribution is -2.18. The van der Waals surface area contributed by atoms with E-state index in [0.717, 1.165) is 11.1 Å². The van der Waals surface area contributed by atoms with Crippen LogP contribution in [0.15, 0.2) is 16.8 Å². The maximum Gasteiger partial charge on any atom is 0.142 e. The number of furan rings is 1. The van der Waals surface area contributed by atoms with E-state index in [0.29, 0.717) is 5.76 Å². The number of aliphatic hydroxyl groups is 2. The highest BCUT2D eigenvalue weighted by atomic mass is 16.4. The smallest absolute Gasteiger partial charge is 0.142 e. The maximum atomic E-state index is 9.45. The van der Waals surface area contributed by atoms with E-state index in [1.165, 1.54) is 0 Å². The van der Waals surface area contributed by atoms with Crippen molar-refractivity contribution in [3.8, 4) is 0 Å². The van der Waals surface area contributed by atoms with E-state index in [2.05, 4.69) is 0 Å². The fraction of sp³-hybridized carbons (Fsp3) is 0.333. The highest BCUT2D eigenvalue weighted by molar-refractivity contribution is 5.59. The molecule has 1 aliphatic rings. The largest absolute Gasteiger partial charge is 0.466 e. The van der Waals surface area contributed by atoms with E-state index < -0.39 is 12.2 Å². The molecule has 2 atom stereocenters. The number of aliphatic hydroxyl groups excluding tert-OH is 2. The van der Waals surface area contributed by atoms with Crippen LogP contribution >= 0.6 is 0 Å². The molecule has 0 aliphatic heterocycles. The Hall–Kier alpha value is -1.06. The SMILES string of the molecule is Cc1coc2c1C=C[C@H](O)[C@@H]2O. The fourth-order valence-electron chi connectivity index (χ4n) is 1.37. The molecule has 1 aromatic rings. The Labute approximate surface area is 69.9 Å². The molecule has 0 saturated heterocycles. The molecule has 2 rings (SSSR count). The van der Waals surface area contributed by atoms with Crippen LogP contribution in [-0.2, 0) is 0 Å². The molecule has 0 fully saturated rings. The van der Waals surface area contributed by atoms with E-state index >= 15 is 0 Å². The van der Waals surface area contributed by atoms with Crippen molar-refractivity contribution >= 4 is 6.08 Å². The van der Waals surface area contributed by atoms with Gasteiger partial charge in [0.25, 0.3) is 0 Å². The fourth-order valence-corrected chi connectivity index (χ4v) is 1.37. The van der Waals surface area contributed by atoms with Gasteiger partial charge in [-0.25, -0.2) is 0 Å². The monoisotopic (exact) mass is 166 g/mol. The van der Waals surface area contributed by atoms with Crippen LogP contribution in [0.2, 0.25) is 0 Å². The summed E-state index contributed by atoms with van der Waals surface area (Å²) in [5, 5.41) is 18.7. The van der Waals surface area contributed by atoms with Crippen LogP contribution in [0, 0.1) is 6.92 Å². The van der Waals surface area contributed by atoms with Crippen molar-refractivity contribution in [2.24, 2.45) is 0 Å². The van der Waals surface area contributed by atoms with Gasteiger partial charge in [-0.3, -0.25) is 0 Å². The molecule has 2 N–H and O–H groups in total. The third-order valence-corrected chi connectivity index (χ3v) is 2.11. The van der Waals surface area contributed by atoms with Crippen molar-refractivity contribution in [2.75, 3.05) is 0 Å². The Kier molecular flexibility index (Phi) is 1.56. The number of hydrogen-bond acceptors (Lipinski definition) is 3. The molecule has 1 aromatic heterocycles. The topological polar surface area (TPSA) is 53.6 Å². The van der Waals surface area contributed by atoms with E-state index in [1.54, 1.807) is 18.4 Å². The first-order chi connectivity index (χ1) is 5.70. The van der Waals surface area contributed by atoms with Crippen molar-refractivity contribution < 1.29 is 14.6 Å². The summed E-state index contributed by atoms with van der Waals surface area (Å²) in [6.45, 7) is 1.90. The summed E-state index contributed by atoms with van der Waals surface area (Å²) >= 11 is 0.